The monoisotopic (exact) mass is 301 g/mol. The molecule has 0 saturated carbocycles. The highest BCUT2D eigenvalue weighted by Gasteiger charge is 2.48. The molecule has 116 valence electrons. The lowest BCUT2D eigenvalue weighted by atomic mass is 9.74. The molecule has 22 heavy (non-hydrogen) atoms. The first-order chi connectivity index (χ1) is 10.6. The quantitative estimate of drug-likeness (QED) is 0.880. The van der Waals surface area contributed by atoms with Crippen molar-refractivity contribution < 1.29 is 19.1 Å². The van der Waals surface area contributed by atoms with Crippen LogP contribution in [-0.4, -0.2) is 43.0 Å². The summed E-state index contributed by atoms with van der Waals surface area (Å²) in [5, 5.41) is 12.0. The summed E-state index contributed by atoms with van der Waals surface area (Å²) in [6, 6.07) is 5.28. The number of fused-ring (bicyclic) bond motifs is 4. The minimum atomic E-state index is -0.943. The third-order valence-electron chi connectivity index (χ3n) is 5.11. The van der Waals surface area contributed by atoms with Gasteiger partial charge in [-0.15, -0.1) is 0 Å². The van der Waals surface area contributed by atoms with Crippen LogP contribution in [0.15, 0.2) is 22.6 Å². The number of benzene rings is 1. The van der Waals surface area contributed by atoms with Crippen LogP contribution in [0.2, 0.25) is 0 Å². The summed E-state index contributed by atoms with van der Waals surface area (Å²) in [6.07, 6.45) is 2.77. The molecule has 3 aliphatic rings. The first-order valence-electron chi connectivity index (χ1n) is 7.66. The number of nitrogens with zero attached hydrogens (tertiary/aromatic N) is 1. The van der Waals surface area contributed by atoms with E-state index in [2.05, 4.69) is 4.90 Å². The van der Waals surface area contributed by atoms with Crippen LogP contribution in [0.3, 0.4) is 0 Å². The Kier molecular flexibility index (Phi) is 3.03. The lowest BCUT2D eigenvalue weighted by molar-refractivity contribution is -0.128. The molecule has 0 aliphatic carbocycles. The summed E-state index contributed by atoms with van der Waals surface area (Å²) < 4.78 is 11.3. The molecule has 3 fully saturated rings. The first kappa shape index (κ1) is 13.8. The van der Waals surface area contributed by atoms with E-state index in [4.69, 9.17) is 9.15 Å². The second kappa shape index (κ2) is 4.83. The van der Waals surface area contributed by atoms with E-state index in [1.54, 1.807) is 19.2 Å². The number of hydrogen-bond acceptors (Lipinski definition) is 5. The van der Waals surface area contributed by atoms with E-state index in [-0.39, 0.29) is 5.92 Å². The number of carbonyl (C=O) groups is 1. The summed E-state index contributed by atoms with van der Waals surface area (Å²) in [5.74, 6) is 1.34. The van der Waals surface area contributed by atoms with Gasteiger partial charge in [-0.05, 0) is 50.0 Å². The zero-order chi connectivity index (χ0) is 15.3. The van der Waals surface area contributed by atoms with Gasteiger partial charge in [0.25, 0.3) is 0 Å². The van der Waals surface area contributed by atoms with Gasteiger partial charge in [-0.2, -0.15) is 0 Å². The fourth-order valence-corrected chi connectivity index (χ4v) is 3.89. The number of rotatable bonds is 3. The fraction of sp³-hybridized carbons (Fsp3) is 0.471. The maximum atomic E-state index is 11.2. The molecule has 1 unspecified atom stereocenters. The molecular weight excluding hydrogens is 282 g/mol. The lowest BCUT2D eigenvalue weighted by Gasteiger charge is -2.49. The molecule has 0 amide bonds. The second-order valence-corrected chi connectivity index (χ2v) is 6.34. The molecule has 1 aromatic heterocycles. The van der Waals surface area contributed by atoms with Crippen molar-refractivity contribution in [2.24, 2.45) is 5.92 Å². The van der Waals surface area contributed by atoms with Gasteiger partial charge in [-0.25, -0.2) is 0 Å². The molecule has 5 rings (SSSR count). The van der Waals surface area contributed by atoms with E-state index in [1.165, 1.54) is 0 Å². The Morgan fingerprint density at radius 2 is 2.14 bits per heavy atom. The average Bonchev–Trinajstić information content (AvgIpc) is 2.99. The molecule has 3 aliphatic heterocycles. The van der Waals surface area contributed by atoms with Gasteiger partial charge in [0, 0.05) is 17.5 Å². The van der Waals surface area contributed by atoms with Crippen LogP contribution in [0.4, 0.5) is 0 Å². The molecule has 4 heterocycles. The third-order valence-corrected chi connectivity index (χ3v) is 5.11. The number of hydrogen-bond donors (Lipinski definition) is 1. The number of furan rings is 1. The molecule has 0 spiro atoms. The molecule has 3 saturated heterocycles. The molecule has 5 heteroatoms. The number of methoxy groups -OCH3 is 1. The van der Waals surface area contributed by atoms with Crippen molar-refractivity contribution in [3.05, 3.63) is 29.5 Å². The van der Waals surface area contributed by atoms with Gasteiger partial charge < -0.3 is 14.3 Å². The summed E-state index contributed by atoms with van der Waals surface area (Å²) in [4.78, 5) is 13.3. The highest BCUT2D eigenvalue weighted by atomic mass is 16.5. The normalized spacial score (nSPS) is 30.6. The van der Waals surface area contributed by atoms with Gasteiger partial charge in [-0.1, -0.05) is 0 Å². The van der Waals surface area contributed by atoms with Crippen LogP contribution in [0, 0.1) is 5.92 Å². The van der Waals surface area contributed by atoms with Crippen LogP contribution in [0.5, 0.6) is 5.75 Å². The van der Waals surface area contributed by atoms with Crippen molar-refractivity contribution in [3.8, 4) is 5.75 Å². The van der Waals surface area contributed by atoms with Crippen molar-refractivity contribution >= 4 is 17.3 Å². The minimum absolute atomic E-state index is 0.231. The standard InChI is InChI=1S/C17H19NO4/c1-21-14-7-11(9-19)6-12-8-15(22-16(12)14)17(20)10-18-4-2-13(17)3-5-18/h6-9,13,20H,2-5,10H2,1H3. The van der Waals surface area contributed by atoms with E-state index < -0.39 is 5.60 Å². The maximum Gasteiger partial charge on any atom is 0.176 e. The zero-order valence-corrected chi connectivity index (χ0v) is 12.5. The largest absolute Gasteiger partial charge is 0.493 e. The molecule has 0 radical (unpaired) electrons. The average molecular weight is 301 g/mol. The Morgan fingerprint density at radius 1 is 1.36 bits per heavy atom. The maximum absolute atomic E-state index is 11.2. The Bertz CT molecular complexity index is 730. The summed E-state index contributed by atoms with van der Waals surface area (Å²) >= 11 is 0. The fourth-order valence-electron chi connectivity index (χ4n) is 3.89. The SMILES string of the molecule is COc1cc(C=O)cc2cc(C3(O)CN4CCC3CC4)oc12. The van der Waals surface area contributed by atoms with E-state index in [1.807, 2.05) is 6.07 Å². The summed E-state index contributed by atoms with van der Waals surface area (Å²) in [6.45, 7) is 2.71. The molecular formula is C17H19NO4. The second-order valence-electron chi connectivity index (χ2n) is 6.34. The zero-order valence-electron chi connectivity index (χ0n) is 12.5. The molecule has 2 bridgehead atoms. The van der Waals surface area contributed by atoms with Crippen molar-refractivity contribution in [1.82, 2.24) is 4.90 Å². The molecule has 5 nitrogen and oxygen atoms in total. The summed E-state index contributed by atoms with van der Waals surface area (Å²) in [5.41, 5.74) is 0.188. The molecule has 1 atom stereocenters. The molecule has 2 aromatic rings. The highest BCUT2D eigenvalue weighted by Crippen LogP contribution is 2.45. The molecule has 1 N–H and O–H groups in total. The van der Waals surface area contributed by atoms with Crippen LogP contribution in [0.1, 0.15) is 29.0 Å². The first-order valence-corrected chi connectivity index (χ1v) is 7.66. The van der Waals surface area contributed by atoms with Gasteiger partial charge in [0.05, 0.1) is 7.11 Å². The smallest absolute Gasteiger partial charge is 0.176 e. The number of ether oxygens (including phenoxy) is 1. The van der Waals surface area contributed by atoms with Gasteiger partial charge in [0.2, 0.25) is 0 Å². The third kappa shape index (κ3) is 1.89. The number of aliphatic hydroxyl groups is 1. The van der Waals surface area contributed by atoms with E-state index in [9.17, 15) is 9.90 Å². The predicted octanol–water partition coefficient (Wildman–Crippen LogP) is 2.17. The Morgan fingerprint density at radius 3 is 2.73 bits per heavy atom. The number of piperidine rings is 3. The van der Waals surface area contributed by atoms with E-state index in [0.29, 0.717) is 29.2 Å². The van der Waals surface area contributed by atoms with Crippen LogP contribution < -0.4 is 4.74 Å². The van der Waals surface area contributed by atoms with E-state index >= 15 is 0 Å². The van der Waals surface area contributed by atoms with Crippen molar-refractivity contribution in [2.75, 3.05) is 26.7 Å². The Hall–Kier alpha value is -1.85. The molecule has 1 aromatic carbocycles. The van der Waals surface area contributed by atoms with Crippen molar-refractivity contribution in [2.45, 2.75) is 18.4 Å². The van der Waals surface area contributed by atoms with Gasteiger partial charge >= 0.3 is 0 Å². The Balaban J connectivity index is 1.84. The van der Waals surface area contributed by atoms with Crippen molar-refractivity contribution in [3.63, 3.8) is 0 Å². The van der Waals surface area contributed by atoms with Gasteiger partial charge in [0.15, 0.2) is 11.3 Å². The van der Waals surface area contributed by atoms with Crippen molar-refractivity contribution in [1.29, 1.82) is 0 Å². The van der Waals surface area contributed by atoms with E-state index in [0.717, 1.165) is 37.6 Å². The summed E-state index contributed by atoms with van der Waals surface area (Å²) in [7, 11) is 1.55. The van der Waals surface area contributed by atoms with Crippen LogP contribution >= 0.6 is 0 Å². The van der Waals surface area contributed by atoms with Crippen LogP contribution in [-0.2, 0) is 5.60 Å². The van der Waals surface area contributed by atoms with Gasteiger partial charge in [-0.3, -0.25) is 9.69 Å². The van der Waals surface area contributed by atoms with Crippen LogP contribution in [0.25, 0.3) is 11.0 Å². The number of aldehydes is 1. The predicted molar refractivity (Wildman–Crippen MR) is 81.2 cm³/mol. The lowest BCUT2D eigenvalue weighted by Crippen LogP contribution is -2.56. The topological polar surface area (TPSA) is 62.9 Å². The van der Waals surface area contributed by atoms with Gasteiger partial charge in [0.1, 0.15) is 17.6 Å². The highest BCUT2D eigenvalue weighted by molar-refractivity contribution is 5.90. The number of carbonyl (C=O) groups excluding carboxylic acids is 1. The minimum Gasteiger partial charge on any atom is -0.493 e. The Labute approximate surface area is 128 Å².